The summed E-state index contributed by atoms with van der Waals surface area (Å²) in [7, 11) is 1.56. The lowest BCUT2D eigenvalue weighted by atomic mass is 10.2. The van der Waals surface area contributed by atoms with Gasteiger partial charge >= 0.3 is 0 Å². The molecule has 0 saturated carbocycles. The lowest BCUT2D eigenvalue weighted by Crippen LogP contribution is -2.24. The van der Waals surface area contributed by atoms with E-state index < -0.39 is 6.10 Å². The lowest BCUT2D eigenvalue weighted by molar-refractivity contribution is 0.0727. The highest BCUT2D eigenvalue weighted by molar-refractivity contribution is 5.56. The summed E-state index contributed by atoms with van der Waals surface area (Å²) in [5, 5.41) is 12.6. The summed E-state index contributed by atoms with van der Waals surface area (Å²) in [6, 6.07) is 11.5. The predicted octanol–water partition coefficient (Wildman–Crippen LogP) is 1.56. The first-order valence-corrected chi connectivity index (χ1v) is 6.09. The number of anilines is 1. The molecule has 0 unspecified atom stereocenters. The maximum Gasteiger partial charge on any atom is 0.161 e. The van der Waals surface area contributed by atoms with Gasteiger partial charge in [0, 0.05) is 25.4 Å². The van der Waals surface area contributed by atoms with E-state index in [1.165, 1.54) is 0 Å². The van der Waals surface area contributed by atoms with E-state index in [0.29, 0.717) is 24.8 Å². The molecule has 0 radical (unpaired) electrons. The standard InChI is InChI=1S/C14H17N3O2/c1-19-10-12(18)9-16-13-7-8-15-14(17-13)11-5-3-2-4-6-11/h2-8,12,18H,9-10H2,1H3,(H,15,16,17)/t12-/m0/s1. The number of rotatable bonds is 6. The molecule has 0 aliphatic carbocycles. The zero-order chi connectivity index (χ0) is 13.5. The molecule has 0 saturated heterocycles. The second kappa shape index (κ2) is 6.82. The molecule has 2 aromatic rings. The molecule has 1 heterocycles. The van der Waals surface area contributed by atoms with Crippen LogP contribution in [0.15, 0.2) is 42.6 Å². The number of hydrogen-bond acceptors (Lipinski definition) is 5. The molecule has 1 atom stereocenters. The van der Waals surface area contributed by atoms with Gasteiger partial charge in [-0.3, -0.25) is 0 Å². The van der Waals surface area contributed by atoms with Crippen LogP contribution in [0.1, 0.15) is 0 Å². The molecule has 19 heavy (non-hydrogen) atoms. The summed E-state index contributed by atoms with van der Waals surface area (Å²) in [6.45, 7) is 0.683. The van der Waals surface area contributed by atoms with Crippen molar-refractivity contribution in [1.82, 2.24) is 9.97 Å². The smallest absolute Gasteiger partial charge is 0.161 e. The quantitative estimate of drug-likeness (QED) is 0.824. The van der Waals surface area contributed by atoms with Gasteiger partial charge in [-0.2, -0.15) is 0 Å². The zero-order valence-corrected chi connectivity index (χ0v) is 10.8. The number of aliphatic hydroxyl groups excluding tert-OH is 1. The summed E-state index contributed by atoms with van der Waals surface area (Å²) in [5.41, 5.74) is 0.962. The highest BCUT2D eigenvalue weighted by atomic mass is 16.5. The summed E-state index contributed by atoms with van der Waals surface area (Å²) in [6.07, 6.45) is 1.14. The molecule has 5 heteroatoms. The Labute approximate surface area is 112 Å². The molecular formula is C14H17N3O2. The van der Waals surface area contributed by atoms with E-state index in [9.17, 15) is 5.11 Å². The number of methoxy groups -OCH3 is 1. The highest BCUT2D eigenvalue weighted by Crippen LogP contribution is 2.15. The first-order valence-electron chi connectivity index (χ1n) is 6.09. The monoisotopic (exact) mass is 259 g/mol. The van der Waals surface area contributed by atoms with Crippen LogP contribution in [-0.2, 0) is 4.74 Å². The van der Waals surface area contributed by atoms with Crippen molar-refractivity contribution < 1.29 is 9.84 Å². The van der Waals surface area contributed by atoms with Gasteiger partial charge < -0.3 is 15.2 Å². The van der Waals surface area contributed by atoms with Gasteiger partial charge in [-0.15, -0.1) is 0 Å². The third kappa shape index (κ3) is 4.01. The molecule has 0 amide bonds. The van der Waals surface area contributed by atoms with Crippen LogP contribution >= 0.6 is 0 Å². The lowest BCUT2D eigenvalue weighted by Gasteiger charge is -2.11. The number of aliphatic hydroxyl groups is 1. The van der Waals surface area contributed by atoms with Crippen molar-refractivity contribution in [2.75, 3.05) is 25.6 Å². The van der Waals surface area contributed by atoms with Gasteiger partial charge in [-0.1, -0.05) is 30.3 Å². The Balaban J connectivity index is 2.04. The van der Waals surface area contributed by atoms with Crippen LogP contribution in [0.5, 0.6) is 0 Å². The van der Waals surface area contributed by atoms with Gasteiger partial charge in [0.2, 0.25) is 0 Å². The molecule has 2 N–H and O–H groups in total. The number of nitrogens with zero attached hydrogens (tertiary/aromatic N) is 2. The molecular weight excluding hydrogens is 242 g/mol. The van der Waals surface area contributed by atoms with Gasteiger partial charge in [0.15, 0.2) is 5.82 Å². The van der Waals surface area contributed by atoms with Crippen LogP contribution in [0.4, 0.5) is 5.82 Å². The fourth-order valence-corrected chi connectivity index (χ4v) is 1.66. The van der Waals surface area contributed by atoms with E-state index in [4.69, 9.17) is 4.74 Å². The van der Waals surface area contributed by atoms with Crippen molar-refractivity contribution in [3.05, 3.63) is 42.6 Å². The zero-order valence-electron chi connectivity index (χ0n) is 10.8. The minimum absolute atomic E-state index is 0.295. The first kappa shape index (κ1) is 13.5. The van der Waals surface area contributed by atoms with Crippen molar-refractivity contribution in [3.8, 4) is 11.4 Å². The van der Waals surface area contributed by atoms with Crippen LogP contribution in [0.2, 0.25) is 0 Å². The van der Waals surface area contributed by atoms with E-state index in [-0.39, 0.29) is 0 Å². The SMILES string of the molecule is COC[C@@H](O)CNc1ccnc(-c2ccccc2)n1. The molecule has 0 aliphatic heterocycles. The number of hydrogen-bond donors (Lipinski definition) is 2. The Morgan fingerprint density at radius 1 is 1.26 bits per heavy atom. The summed E-state index contributed by atoms with van der Waals surface area (Å²) in [4.78, 5) is 8.64. The van der Waals surface area contributed by atoms with Crippen LogP contribution in [-0.4, -0.2) is 41.4 Å². The Kier molecular flexibility index (Phi) is 4.83. The van der Waals surface area contributed by atoms with Crippen molar-refractivity contribution in [2.45, 2.75) is 6.10 Å². The average molecular weight is 259 g/mol. The number of aromatic nitrogens is 2. The Hall–Kier alpha value is -1.98. The molecule has 5 nitrogen and oxygen atoms in total. The van der Waals surface area contributed by atoms with E-state index >= 15 is 0 Å². The van der Waals surface area contributed by atoms with Crippen LogP contribution < -0.4 is 5.32 Å². The fourth-order valence-electron chi connectivity index (χ4n) is 1.66. The number of benzene rings is 1. The molecule has 0 spiro atoms. The topological polar surface area (TPSA) is 67.3 Å². The predicted molar refractivity (Wildman–Crippen MR) is 73.8 cm³/mol. The highest BCUT2D eigenvalue weighted by Gasteiger charge is 2.05. The molecule has 1 aromatic heterocycles. The number of nitrogens with one attached hydrogen (secondary N) is 1. The van der Waals surface area contributed by atoms with E-state index in [1.54, 1.807) is 19.4 Å². The second-order valence-electron chi connectivity index (χ2n) is 4.12. The van der Waals surface area contributed by atoms with Crippen LogP contribution in [0, 0.1) is 0 Å². The Morgan fingerprint density at radius 3 is 2.79 bits per heavy atom. The largest absolute Gasteiger partial charge is 0.389 e. The summed E-state index contributed by atoms with van der Waals surface area (Å²) < 4.78 is 4.86. The van der Waals surface area contributed by atoms with Crippen LogP contribution in [0.3, 0.4) is 0 Å². The normalized spacial score (nSPS) is 12.1. The second-order valence-corrected chi connectivity index (χ2v) is 4.12. The minimum Gasteiger partial charge on any atom is -0.389 e. The fraction of sp³-hybridized carbons (Fsp3) is 0.286. The first-order chi connectivity index (χ1) is 9.29. The molecule has 0 bridgehead atoms. The Bertz CT molecular complexity index is 505. The summed E-state index contributed by atoms with van der Waals surface area (Å²) in [5.74, 6) is 1.34. The molecule has 0 aliphatic rings. The van der Waals surface area contributed by atoms with E-state index in [2.05, 4.69) is 15.3 Å². The third-order valence-electron chi connectivity index (χ3n) is 2.57. The van der Waals surface area contributed by atoms with E-state index in [0.717, 1.165) is 5.56 Å². The van der Waals surface area contributed by atoms with Crippen molar-refractivity contribution in [3.63, 3.8) is 0 Å². The van der Waals surface area contributed by atoms with Crippen molar-refractivity contribution >= 4 is 5.82 Å². The van der Waals surface area contributed by atoms with Gasteiger partial charge in [0.25, 0.3) is 0 Å². The maximum atomic E-state index is 9.57. The molecule has 1 aromatic carbocycles. The summed E-state index contributed by atoms with van der Waals surface area (Å²) >= 11 is 0. The van der Waals surface area contributed by atoms with Crippen molar-refractivity contribution in [1.29, 1.82) is 0 Å². The molecule has 2 rings (SSSR count). The van der Waals surface area contributed by atoms with E-state index in [1.807, 2.05) is 30.3 Å². The van der Waals surface area contributed by atoms with Crippen LogP contribution in [0.25, 0.3) is 11.4 Å². The average Bonchev–Trinajstić information content (AvgIpc) is 2.47. The van der Waals surface area contributed by atoms with Gasteiger partial charge in [-0.05, 0) is 6.07 Å². The third-order valence-corrected chi connectivity index (χ3v) is 2.57. The van der Waals surface area contributed by atoms with Gasteiger partial charge in [0.05, 0.1) is 12.7 Å². The van der Waals surface area contributed by atoms with Gasteiger partial charge in [-0.25, -0.2) is 9.97 Å². The molecule has 100 valence electrons. The maximum absolute atomic E-state index is 9.57. The van der Waals surface area contributed by atoms with Crippen molar-refractivity contribution in [2.24, 2.45) is 0 Å². The minimum atomic E-state index is -0.555. The Morgan fingerprint density at radius 2 is 2.05 bits per heavy atom. The number of ether oxygens (including phenoxy) is 1. The van der Waals surface area contributed by atoms with Gasteiger partial charge in [0.1, 0.15) is 5.82 Å². The molecule has 0 fully saturated rings.